The van der Waals surface area contributed by atoms with Crippen LogP contribution in [-0.2, 0) is 13.1 Å². The summed E-state index contributed by atoms with van der Waals surface area (Å²) in [6.07, 6.45) is 1.06. The molecule has 0 aliphatic carbocycles. The van der Waals surface area contributed by atoms with Crippen molar-refractivity contribution in [1.82, 2.24) is 25.1 Å². The minimum absolute atomic E-state index is 0.290. The summed E-state index contributed by atoms with van der Waals surface area (Å²) >= 11 is 0. The van der Waals surface area contributed by atoms with Crippen LogP contribution in [0.2, 0.25) is 0 Å². The molecule has 2 heterocycles. The molecule has 0 amide bonds. The van der Waals surface area contributed by atoms with Gasteiger partial charge in [-0.3, -0.25) is 4.90 Å². The molecule has 1 fully saturated rings. The topological polar surface area (TPSA) is 72.9 Å². The van der Waals surface area contributed by atoms with Crippen LogP contribution in [0.25, 0.3) is 0 Å². The Bertz CT molecular complexity index is 523. The van der Waals surface area contributed by atoms with Gasteiger partial charge in [0.1, 0.15) is 0 Å². The number of hydrogen-bond acceptors (Lipinski definition) is 5. The maximum absolute atomic E-state index is 5.92. The zero-order chi connectivity index (χ0) is 13.1. The molecule has 6 heteroatoms. The minimum atomic E-state index is 0.290. The van der Waals surface area contributed by atoms with Crippen LogP contribution in [0.3, 0.4) is 0 Å². The molecule has 1 unspecified atom stereocenters. The zero-order valence-corrected chi connectivity index (χ0v) is 10.8. The average molecular weight is 258 g/mol. The van der Waals surface area contributed by atoms with Gasteiger partial charge < -0.3 is 5.73 Å². The normalized spacial score (nSPS) is 19.9. The molecule has 2 aromatic rings. The Kier molecular flexibility index (Phi) is 3.52. The molecule has 100 valence electrons. The monoisotopic (exact) mass is 258 g/mol. The van der Waals surface area contributed by atoms with Crippen LogP contribution >= 0.6 is 0 Å². The summed E-state index contributed by atoms with van der Waals surface area (Å²) in [6, 6.07) is 10.5. The molecule has 2 N–H and O–H groups in total. The lowest BCUT2D eigenvalue weighted by Crippen LogP contribution is -2.27. The molecule has 19 heavy (non-hydrogen) atoms. The third-order valence-corrected chi connectivity index (χ3v) is 3.46. The first-order valence-electron chi connectivity index (χ1n) is 6.58. The van der Waals surface area contributed by atoms with Crippen LogP contribution in [0.4, 0.5) is 0 Å². The molecule has 3 rings (SSSR count). The molecular weight excluding hydrogens is 240 g/mol. The number of hydrogen-bond donors (Lipinski definition) is 1. The second kappa shape index (κ2) is 5.46. The highest BCUT2D eigenvalue weighted by Gasteiger charge is 2.21. The number of likely N-dealkylation sites (tertiary alicyclic amines) is 1. The highest BCUT2D eigenvalue weighted by Crippen LogP contribution is 2.11. The van der Waals surface area contributed by atoms with Crippen molar-refractivity contribution in [3.8, 4) is 0 Å². The van der Waals surface area contributed by atoms with E-state index in [-0.39, 0.29) is 0 Å². The largest absolute Gasteiger partial charge is 0.326 e. The van der Waals surface area contributed by atoms with Crippen LogP contribution in [0.1, 0.15) is 17.8 Å². The van der Waals surface area contributed by atoms with Gasteiger partial charge in [0.2, 0.25) is 0 Å². The average Bonchev–Trinajstić information content (AvgIpc) is 3.01. The van der Waals surface area contributed by atoms with E-state index in [9.17, 15) is 0 Å². The Balaban J connectivity index is 1.68. The first kappa shape index (κ1) is 12.3. The summed E-state index contributed by atoms with van der Waals surface area (Å²) < 4.78 is 1.86. The van der Waals surface area contributed by atoms with E-state index in [1.807, 2.05) is 22.9 Å². The minimum Gasteiger partial charge on any atom is -0.326 e. The Labute approximate surface area is 112 Å². The molecular formula is C13H18N6. The van der Waals surface area contributed by atoms with Crippen molar-refractivity contribution in [3.05, 3.63) is 41.7 Å². The van der Waals surface area contributed by atoms with Crippen molar-refractivity contribution in [1.29, 1.82) is 0 Å². The number of rotatable bonds is 4. The maximum atomic E-state index is 5.92. The van der Waals surface area contributed by atoms with Crippen LogP contribution in [0, 0.1) is 0 Å². The third kappa shape index (κ3) is 2.97. The lowest BCUT2D eigenvalue weighted by atomic mass is 10.2. The maximum Gasteiger partial charge on any atom is 0.165 e. The van der Waals surface area contributed by atoms with Gasteiger partial charge >= 0.3 is 0 Å². The highest BCUT2D eigenvalue weighted by molar-refractivity contribution is 5.14. The van der Waals surface area contributed by atoms with Crippen molar-refractivity contribution >= 4 is 0 Å². The predicted octanol–water partition coefficient (Wildman–Crippen LogP) is 0.254. The summed E-state index contributed by atoms with van der Waals surface area (Å²) in [7, 11) is 0. The molecule has 1 aliphatic rings. The van der Waals surface area contributed by atoms with Gasteiger partial charge in [-0.15, -0.1) is 5.10 Å². The molecule has 0 spiro atoms. The summed E-state index contributed by atoms with van der Waals surface area (Å²) in [5, 5.41) is 12.0. The molecule has 1 aliphatic heterocycles. The van der Waals surface area contributed by atoms with Crippen molar-refractivity contribution in [2.45, 2.75) is 25.6 Å². The van der Waals surface area contributed by atoms with Crippen LogP contribution in [0.5, 0.6) is 0 Å². The smallest absolute Gasteiger partial charge is 0.165 e. The Hall–Kier alpha value is -1.79. The van der Waals surface area contributed by atoms with Gasteiger partial charge in [0.05, 0.1) is 13.1 Å². The van der Waals surface area contributed by atoms with E-state index >= 15 is 0 Å². The Morgan fingerprint density at radius 1 is 1.21 bits per heavy atom. The fourth-order valence-corrected chi connectivity index (χ4v) is 2.42. The van der Waals surface area contributed by atoms with E-state index in [1.165, 1.54) is 5.56 Å². The number of nitrogens with zero attached hydrogens (tertiary/aromatic N) is 5. The summed E-state index contributed by atoms with van der Waals surface area (Å²) in [5.74, 6) is 0.901. The molecule has 1 aromatic carbocycles. The first-order chi connectivity index (χ1) is 9.31. The number of aromatic nitrogens is 4. The second-order valence-electron chi connectivity index (χ2n) is 5.02. The predicted molar refractivity (Wildman–Crippen MR) is 71.2 cm³/mol. The van der Waals surface area contributed by atoms with Crippen molar-refractivity contribution in [2.75, 3.05) is 13.1 Å². The molecule has 0 radical (unpaired) electrons. The first-order valence-corrected chi connectivity index (χ1v) is 6.58. The molecule has 1 saturated heterocycles. The summed E-state index contributed by atoms with van der Waals surface area (Å²) in [5.41, 5.74) is 7.12. The molecule has 1 atom stereocenters. The number of nitrogens with two attached hydrogens (primary N) is 1. The van der Waals surface area contributed by atoms with E-state index in [2.05, 4.69) is 32.6 Å². The van der Waals surface area contributed by atoms with Gasteiger partial charge in [0.15, 0.2) is 5.82 Å². The Morgan fingerprint density at radius 3 is 2.79 bits per heavy atom. The third-order valence-electron chi connectivity index (χ3n) is 3.46. The van der Waals surface area contributed by atoms with Crippen LogP contribution in [-0.4, -0.2) is 44.2 Å². The highest BCUT2D eigenvalue weighted by atomic mass is 15.5. The van der Waals surface area contributed by atoms with Crippen molar-refractivity contribution in [3.63, 3.8) is 0 Å². The molecule has 6 nitrogen and oxygen atoms in total. The Morgan fingerprint density at radius 2 is 2.05 bits per heavy atom. The van der Waals surface area contributed by atoms with Crippen molar-refractivity contribution in [2.24, 2.45) is 5.73 Å². The second-order valence-corrected chi connectivity index (χ2v) is 5.02. The van der Waals surface area contributed by atoms with Crippen LogP contribution in [0.15, 0.2) is 30.3 Å². The SMILES string of the molecule is NC1CCN(Cc2nnnn2Cc2ccccc2)C1. The fourth-order valence-electron chi connectivity index (χ4n) is 2.42. The van der Waals surface area contributed by atoms with E-state index in [0.29, 0.717) is 12.6 Å². The summed E-state index contributed by atoms with van der Waals surface area (Å²) in [6.45, 7) is 3.44. The van der Waals surface area contributed by atoms with Crippen LogP contribution < -0.4 is 5.73 Å². The molecule has 0 saturated carbocycles. The van der Waals surface area contributed by atoms with E-state index in [0.717, 1.165) is 31.9 Å². The molecule has 1 aromatic heterocycles. The van der Waals surface area contributed by atoms with Gasteiger partial charge in [-0.1, -0.05) is 30.3 Å². The van der Waals surface area contributed by atoms with Gasteiger partial charge in [0.25, 0.3) is 0 Å². The zero-order valence-electron chi connectivity index (χ0n) is 10.8. The number of benzene rings is 1. The van der Waals surface area contributed by atoms with Crippen molar-refractivity contribution < 1.29 is 0 Å². The lowest BCUT2D eigenvalue weighted by molar-refractivity contribution is 0.311. The van der Waals surface area contributed by atoms with Gasteiger partial charge in [-0.25, -0.2) is 4.68 Å². The fraction of sp³-hybridized carbons (Fsp3) is 0.462. The van der Waals surface area contributed by atoms with Gasteiger partial charge in [0, 0.05) is 19.1 Å². The lowest BCUT2D eigenvalue weighted by Gasteiger charge is -2.14. The van der Waals surface area contributed by atoms with E-state index < -0.39 is 0 Å². The molecule has 0 bridgehead atoms. The van der Waals surface area contributed by atoms with E-state index in [1.54, 1.807) is 0 Å². The van der Waals surface area contributed by atoms with Gasteiger partial charge in [-0.05, 0) is 22.4 Å². The number of tetrazole rings is 1. The quantitative estimate of drug-likeness (QED) is 0.851. The summed E-state index contributed by atoms with van der Waals surface area (Å²) in [4.78, 5) is 2.30. The van der Waals surface area contributed by atoms with E-state index in [4.69, 9.17) is 5.73 Å². The standard InChI is InChI=1S/C13H18N6/c14-12-6-7-18(9-12)10-13-15-16-17-19(13)8-11-4-2-1-3-5-11/h1-5,12H,6-10,14H2. The van der Waals surface area contributed by atoms with Gasteiger partial charge in [-0.2, -0.15) is 0 Å².